The third kappa shape index (κ3) is 4.67. The van der Waals surface area contributed by atoms with Crippen molar-refractivity contribution in [3.05, 3.63) is 27.1 Å². The van der Waals surface area contributed by atoms with Crippen LogP contribution in [0.25, 0.3) is 10.2 Å². The molecular weight excluding hydrogens is 392 g/mol. The number of ether oxygens (including phenoxy) is 1. The van der Waals surface area contributed by atoms with Crippen LogP contribution in [0.1, 0.15) is 42.5 Å². The number of nitrogens with zero attached hydrogens (tertiary/aromatic N) is 2. The van der Waals surface area contributed by atoms with E-state index in [0.717, 1.165) is 55.5 Å². The van der Waals surface area contributed by atoms with Gasteiger partial charge in [-0.15, -0.1) is 11.3 Å². The number of carbonyl (C=O) groups excluding carboxylic acids is 2. The Morgan fingerprint density at radius 3 is 2.90 bits per heavy atom. The minimum Gasteiger partial charge on any atom is -0.376 e. The Hall–Kier alpha value is -2.26. The number of aryl methyl sites for hydroxylation is 2. The lowest BCUT2D eigenvalue weighted by Gasteiger charge is -2.11. The normalized spacial score (nSPS) is 18.6. The van der Waals surface area contributed by atoms with E-state index in [1.165, 1.54) is 15.8 Å². The average molecular weight is 419 g/mol. The Balaban J connectivity index is 1.29. The SMILES string of the molecule is O=C(CCNC(=O)Cn1cnc2sc3c(c2c1=O)CCCC3)NC[C@H]1CCCO1. The summed E-state index contributed by atoms with van der Waals surface area (Å²) < 4.78 is 6.82. The number of rotatable bonds is 7. The highest BCUT2D eigenvalue weighted by Crippen LogP contribution is 2.33. The van der Waals surface area contributed by atoms with Crippen molar-refractivity contribution in [1.82, 2.24) is 20.2 Å². The number of fused-ring (bicyclic) bond motifs is 3. The Bertz CT molecular complexity index is 961. The van der Waals surface area contributed by atoms with E-state index in [1.807, 2.05) is 0 Å². The second-order valence-electron chi connectivity index (χ2n) is 7.61. The van der Waals surface area contributed by atoms with Crippen LogP contribution >= 0.6 is 11.3 Å². The van der Waals surface area contributed by atoms with E-state index < -0.39 is 0 Å². The molecule has 2 aliphatic rings. The summed E-state index contributed by atoms with van der Waals surface area (Å²) in [6.07, 6.45) is 7.89. The fourth-order valence-electron chi connectivity index (χ4n) is 3.94. The van der Waals surface area contributed by atoms with Crippen LogP contribution in [0, 0.1) is 0 Å². The van der Waals surface area contributed by atoms with Crippen molar-refractivity contribution >= 4 is 33.4 Å². The average Bonchev–Trinajstić information content (AvgIpc) is 3.36. The molecule has 0 unspecified atom stereocenters. The lowest BCUT2D eigenvalue weighted by Crippen LogP contribution is -2.36. The van der Waals surface area contributed by atoms with E-state index in [-0.39, 0.29) is 43.0 Å². The van der Waals surface area contributed by atoms with Crippen LogP contribution in [0.3, 0.4) is 0 Å². The van der Waals surface area contributed by atoms with Crippen LogP contribution in [0.4, 0.5) is 0 Å². The highest BCUT2D eigenvalue weighted by atomic mass is 32.1. The van der Waals surface area contributed by atoms with Gasteiger partial charge in [-0.25, -0.2) is 4.98 Å². The molecule has 1 fully saturated rings. The van der Waals surface area contributed by atoms with Gasteiger partial charge in [0, 0.05) is 31.0 Å². The zero-order valence-electron chi connectivity index (χ0n) is 16.4. The maximum atomic E-state index is 12.9. The molecule has 1 saturated heterocycles. The minimum atomic E-state index is -0.302. The van der Waals surface area contributed by atoms with Crippen molar-refractivity contribution in [2.24, 2.45) is 0 Å². The van der Waals surface area contributed by atoms with E-state index in [2.05, 4.69) is 15.6 Å². The van der Waals surface area contributed by atoms with Gasteiger partial charge in [0.2, 0.25) is 11.8 Å². The van der Waals surface area contributed by atoms with Gasteiger partial charge in [-0.1, -0.05) is 0 Å². The minimum absolute atomic E-state index is 0.0933. The molecule has 2 amide bonds. The van der Waals surface area contributed by atoms with Crippen LogP contribution in [-0.4, -0.2) is 47.2 Å². The first-order chi connectivity index (χ1) is 14.1. The molecule has 0 radical (unpaired) electrons. The number of hydrogen-bond acceptors (Lipinski definition) is 6. The van der Waals surface area contributed by atoms with E-state index in [4.69, 9.17) is 4.74 Å². The first-order valence-corrected chi connectivity index (χ1v) is 11.1. The van der Waals surface area contributed by atoms with Crippen molar-refractivity contribution in [2.45, 2.75) is 57.6 Å². The smallest absolute Gasteiger partial charge is 0.262 e. The van der Waals surface area contributed by atoms with Crippen LogP contribution in [0.2, 0.25) is 0 Å². The van der Waals surface area contributed by atoms with Gasteiger partial charge in [-0.3, -0.25) is 19.0 Å². The number of nitrogens with one attached hydrogen (secondary N) is 2. The predicted molar refractivity (Wildman–Crippen MR) is 110 cm³/mol. The van der Waals surface area contributed by atoms with Crippen molar-refractivity contribution in [3.63, 3.8) is 0 Å². The predicted octanol–water partition coefficient (Wildman–Crippen LogP) is 1.14. The van der Waals surface area contributed by atoms with Gasteiger partial charge >= 0.3 is 0 Å². The topological polar surface area (TPSA) is 102 Å². The third-order valence-corrected chi connectivity index (χ3v) is 6.68. The molecule has 2 aromatic heterocycles. The summed E-state index contributed by atoms with van der Waals surface area (Å²) in [4.78, 5) is 43.4. The van der Waals surface area contributed by atoms with Crippen LogP contribution in [0.15, 0.2) is 11.1 Å². The summed E-state index contributed by atoms with van der Waals surface area (Å²) in [5, 5.41) is 6.20. The molecule has 3 heterocycles. The fourth-order valence-corrected chi connectivity index (χ4v) is 5.16. The largest absolute Gasteiger partial charge is 0.376 e. The summed E-state index contributed by atoms with van der Waals surface area (Å²) in [6.45, 7) is 1.40. The first-order valence-electron chi connectivity index (χ1n) is 10.3. The van der Waals surface area contributed by atoms with E-state index in [9.17, 15) is 14.4 Å². The molecule has 29 heavy (non-hydrogen) atoms. The van der Waals surface area contributed by atoms with Gasteiger partial charge in [0.1, 0.15) is 11.4 Å². The summed E-state index contributed by atoms with van der Waals surface area (Å²) in [6, 6.07) is 0. The molecule has 0 spiro atoms. The van der Waals surface area contributed by atoms with Gasteiger partial charge in [0.05, 0.1) is 17.8 Å². The zero-order chi connectivity index (χ0) is 20.2. The molecule has 0 aromatic carbocycles. The molecule has 8 nitrogen and oxygen atoms in total. The molecule has 156 valence electrons. The monoisotopic (exact) mass is 418 g/mol. The van der Waals surface area contributed by atoms with Crippen LogP contribution < -0.4 is 16.2 Å². The molecule has 0 saturated carbocycles. The lowest BCUT2D eigenvalue weighted by molar-refractivity contribution is -0.122. The Labute approximate surface area is 172 Å². The quantitative estimate of drug-likeness (QED) is 0.702. The number of amides is 2. The molecule has 1 aliphatic heterocycles. The third-order valence-electron chi connectivity index (χ3n) is 5.48. The van der Waals surface area contributed by atoms with E-state index >= 15 is 0 Å². The summed E-state index contributed by atoms with van der Waals surface area (Å²) in [7, 11) is 0. The molecule has 1 aliphatic carbocycles. The van der Waals surface area contributed by atoms with E-state index in [1.54, 1.807) is 11.3 Å². The highest BCUT2D eigenvalue weighted by Gasteiger charge is 2.20. The first kappa shape index (κ1) is 20.0. The summed E-state index contributed by atoms with van der Waals surface area (Å²) >= 11 is 1.59. The molecule has 2 N–H and O–H groups in total. The number of carbonyl (C=O) groups is 2. The fraction of sp³-hybridized carbons (Fsp3) is 0.600. The lowest BCUT2D eigenvalue weighted by atomic mass is 9.97. The Morgan fingerprint density at radius 2 is 2.07 bits per heavy atom. The molecule has 2 aromatic rings. The van der Waals surface area contributed by atoms with Crippen molar-refractivity contribution in [1.29, 1.82) is 0 Å². The molecule has 0 bridgehead atoms. The molecular formula is C20H26N4O4S. The van der Waals surface area contributed by atoms with E-state index in [0.29, 0.717) is 11.9 Å². The van der Waals surface area contributed by atoms with Crippen LogP contribution in [-0.2, 0) is 33.7 Å². The maximum Gasteiger partial charge on any atom is 0.262 e. The molecule has 1 atom stereocenters. The Kier molecular flexibility index (Phi) is 6.25. The van der Waals surface area contributed by atoms with Crippen molar-refractivity contribution in [2.75, 3.05) is 19.7 Å². The number of aromatic nitrogens is 2. The van der Waals surface area contributed by atoms with Crippen LogP contribution in [0.5, 0.6) is 0 Å². The van der Waals surface area contributed by atoms with Gasteiger partial charge in [-0.2, -0.15) is 0 Å². The van der Waals surface area contributed by atoms with Gasteiger partial charge in [0.15, 0.2) is 0 Å². The van der Waals surface area contributed by atoms with Crippen molar-refractivity contribution in [3.8, 4) is 0 Å². The standard InChI is InChI=1S/C20H26N4O4S/c25-16(22-10-13-4-3-9-28-13)7-8-21-17(26)11-24-12-23-19-18(20(24)27)14-5-1-2-6-15(14)29-19/h12-13H,1-11H2,(H,21,26)(H,22,25)/t13-/m1/s1. The maximum absolute atomic E-state index is 12.9. The Morgan fingerprint density at radius 1 is 1.21 bits per heavy atom. The zero-order valence-corrected chi connectivity index (χ0v) is 17.2. The summed E-state index contributed by atoms with van der Waals surface area (Å²) in [5.74, 6) is -0.421. The molecule has 4 rings (SSSR count). The number of thiophene rings is 1. The van der Waals surface area contributed by atoms with Gasteiger partial charge in [-0.05, 0) is 44.1 Å². The highest BCUT2D eigenvalue weighted by molar-refractivity contribution is 7.18. The van der Waals surface area contributed by atoms with Crippen molar-refractivity contribution < 1.29 is 14.3 Å². The number of hydrogen-bond donors (Lipinski definition) is 2. The molecule has 9 heteroatoms. The van der Waals surface area contributed by atoms with Gasteiger partial charge < -0.3 is 15.4 Å². The second-order valence-corrected chi connectivity index (χ2v) is 8.69. The summed E-state index contributed by atoms with van der Waals surface area (Å²) in [5.41, 5.74) is 0.963. The van der Waals surface area contributed by atoms with Gasteiger partial charge in [0.25, 0.3) is 5.56 Å². The second kappa shape index (κ2) is 9.04.